The van der Waals surface area contributed by atoms with Gasteiger partial charge in [0.05, 0.1) is 21.5 Å². The van der Waals surface area contributed by atoms with Gasteiger partial charge in [0.25, 0.3) is 5.69 Å². The highest BCUT2D eigenvalue weighted by molar-refractivity contribution is 7.10. The number of benzene rings is 3. The van der Waals surface area contributed by atoms with E-state index in [1.165, 1.54) is 11.1 Å². The largest absolute Gasteiger partial charge is 0.293 e. The lowest BCUT2D eigenvalue weighted by molar-refractivity contribution is -0.385. The number of thiazole rings is 1. The van der Waals surface area contributed by atoms with E-state index in [1.807, 2.05) is 37.3 Å². The molecule has 0 bridgehead atoms. The van der Waals surface area contributed by atoms with Gasteiger partial charge in [-0.3, -0.25) is 14.9 Å². The number of nitrogens with zero attached hydrogens (tertiary/aromatic N) is 2. The summed E-state index contributed by atoms with van der Waals surface area (Å²) in [6, 6.07) is 19.8. The zero-order valence-electron chi connectivity index (χ0n) is 25.2. The topological polar surface area (TPSA) is 73.1 Å². The molecule has 0 atom stereocenters. The van der Waals surface area contributed by atoms with Crippen molar-refractivity contribution < 1.29 is 9.72 Å². The first kappa shape index (κ1) is 32.2. The van der Waals surface area contributed by atoms with E-state index in [0.29, 0.717) is 17.5 Å². The average molecular weight is 591 g/mol. The molecule has 41 heavy (non-hydrogen) atoms. The quantitative estimate of drug-likeness (QED) is 0.0969. The van der Waals surface area contributed by atoms with Gasteiger partial charge in [0.15, 0.2) is 5.78 Å². The first-order valence-corrected chi connectivity index (χ1v) is 15.0. The summed E-state index contributed by atoms with van der Waals surface area (Å²) < 4.78 is 0. The molecule has 4 rings (SSSR count). The van der Waals surface area contributed by atoms with Crippen LogP contribution >= 0.6 is 22.9 Å². The summed E-state index contributed by atoms with van der Waals surface area (Å²) in [5.41, 5.74) is 8.45. The number of halogens is 1. The molecule has 0 spiro atoms. The molecular weight excluding hydrogens is 552 g/mol. The number of alkyl halides is 1. The summed E-state index contributed by atoms with van der Waals surface area (Å²) in [5.74, 6) is 0.0293. The number of hydrogen-bond acceptors (Lipinski definition) is 5. The van der Waals surface area contributed by atoms with E-state index in [1.54, 1.807) is 24.3 Å². The molecule has 0 aliphatic carbocycles. The van der Waals surface area contributed by atoms with Crippen molar-refractivity contribution in [3.8, 4) is 11.3 Å². The highest BCUT2D eigenvalue weighted by atomic mass is 35.5. The number of ketones is 1. The van der Waals surface area contributed by atoms with E-state index in [4.69, 9.17) is 16.6 Å². The Kier molecular flexibility index (Phi) is 10.3. The second-order valence-corrected chi connectivity index (χ2v) is 13.5. The molecule has 0 aliphatic rings. The number of rotatable bonds is 6. The van der Waals surface area contributed by atoms with Crippen molar-refractivity contribution in [3.05, 3.63) is 115 Å². The third-order valence-corrected chi connectivity index (χ3v) is 8.08. The van der Waals surface area contributed by atoms with E-state index in [0.717, 1.165) is 27.4 Å². The minimum absolute atomic E-state index is 0.0212. The molecule has 1 heterocycles. The molecule has 0 fully saturated rings. The molecule has 0 radical (unpaired) electrons. The van der Waals surface area contributed by atoms with Crippen molar-refractivity contribution in [1.82, 2.24) is 4.98 Å². The number of carbonyl (C=O) groups is 1. The second kappa shape index (κ2) is 13.1. The number of hydrogen-bond donors (Lipinski definition) is 0. The van der Waals surface area contributed by atoms with E-state index < -0.39 is 0 Å². The van der Waals surface area contributed by atoms with Crippen LogP contribution in [0.25, 0.3) is 11.3 Å². The van der Waals surface area contributed by atoms with Crippen molar-refractivity contribution in [2.75, 3.05) is 5.88 Å². The van der Waals surface area contributed by atoms with Crippen LogP contribution in [-0.2, 0) is 17.3 Å². The summed E-state index contributed by atoms with van der Waals surface area (Å²) in [4.78, 5) is 26.8. The Morgan fingerprint density at radius 3 is 1.90 bits per heavy atom. The summed E-state index contributed by atoms with van der Waals surface area (Å²) in [7, 11) is 0. The monoisotopic (exact) mass is 590 g/mol. The number of aromatic nitrogens is 1. The van der Waals surface area contributed by atoms with Gasteiger partial charge >= 0.3 is 0 Å². The summed E-state index contributed by atoms with van der Waals surface area (Å²) in [6.45, 7) is 16.8. The van der Waals surface area contributed by atoms with Crippen LogP contribution in [0.2, 0.25) is 0 Å². The molecule has 0 N–H and O–H groups in total. The van der Waals surface area contributed by atoms with Crippen molar-refractivity contribution in [2.45, 2.75) is 72.6 Å². The van der Waals surface area contributed by atoms with Crippen LogP contribution in [0.3, 0.4) is 0 Å². The van der Waals surface area contributed by atoms with E-state index in [9.17, 15) is 14.9 Å². The smallest absolute Gasteiger partial charge is 0.272 e. The van der Waals surface area contributed by atoms with Crippen molar-refractivity contribution >= 4 is 34.4 Å². The molecule has 0 aliphatic heterocycles. The number of nitro groups is 1. The predicted molar refractivity (Wildman–Crippen MR) is 172 cm³/mol. The maximum Gasteiger partial charge on any atom is 0.272 e. The van der Waals surface area contributed by atoms with Crippen molar-refractivity contribution in [1.29, 1.82) is 0 Å². The number of aryl methyl sites for hydroxylation is 2. The van der Waals surface area contributed by atoms with Gasteiger partial charge in [0.1, 0.15) is 0 Å². The fourth-order valence-corrected chi connectivity index (χ4v) is 5.29. The third-order valence-electron chi connectivity index (χ3n) is 6.99. The van der Waals surface area contributed by atoms with E-state index >= 15 is 0 Å². The highest BCUT2D eigenvalue weighted by Crippen LogP contribution is 2.29. The lowest BCUT2D eigenvalue weighted by atomic mass is 9.86. The first-order valence-electron chi connectivity index (χ1n) is 13.6. The average Bonchev–Trinajstić information content (AvgIpc) is 3.38. The van der Waals surface area contributed by atoms with Crippen LogP contribution in [0.15, 0.2) is 66.0 Å². The fraction of sp³-hybridized carbons (Fsp3) is 0.353. The summed E-state index contributed by atoms with van der Waals surface area (Å²) >= 11 is 7.10. The van der Waals surface area contributed by atoms with Gasteiger partial charge in [0, 0.05) is 34.6 Å². The van der Waals surface area contributed by atoms with Gasteiger partial charge in [-0.1, -0.05) is 90.1 Å². The maximum atomic E-state index is 11.2. The lowest BCUT2D eigenvalue weighted by Crippen LogP contribution is -2.11. The number of carbonyl (C=O) groups excluding carboxylic acids is 1. The van der Waals surface area contributed by atoms with Gasteiger partial charge in [-0.2, -0.15) is 0 Å². The number of nitro benzene ring substituents is 1. The number of Topliss-reactive ketones (excluding diaryl/α,β-unsaturated/α-hetero) is 1. The molecule has 7 heteroatoms. The Morgan fingerprint density at radius 2 is 1.41 bits per heavy atom. The first-order chi connectivity index (χ1) is 19.1. The predicted octanol–water partition coefficient (Wildman–Crippen LogP) is 9.63. The van der Waals surface area contributed by atoms with Crippen molar-refractivity contribution in [2.24, 2.45) is 0 Å². The minimum atomic E-state index is -0.325. The van der Waals surface area contributed by atoms with Crippen LogP contribution in [0.5, 0.6) is 0 Å². The Bertz CT molecular complexity index is 1510. The lowest BCUT2D eigenvalue weighted by Gasteiger charge is -2.18. The second-order valence-electron chi connectivity index (χ2n) is 12.3. The molecule has 216 valence electrons. The van der Waals surface area contributed by atoms with Crippen LogP contribution in [-0.4, -0.2) is 21.6 Å². The van der Waals surface area contributed by atoms with E-state index in [2.05, 4.69) is 71.2 Å². The SMILES string of the molecule is CC(C)(C)c1ccc(C(=O)CCl)cc1.Cc1cc([N+](=O)[O-])c(C)cc1Cc1nc(-c2ccc(C(C)(C)C)cc2)cs1. The standard InChI is InChI=1S/C22H24N2O2S.C12H15ClO/c1-14-11-20(24(25)26)15(2)10-17(14)12-21-23-19(13-27-21)16-6-8-18(9-7-16)22(3,4)5;1-12(2,3)10-6-4-9(5-7-10)11(14)8-13/h6-11,13H,12H2,1-5H3;4-7H,8H2,1-3H3. The zero-order valence-corrected chi connectivity index (χ0v) is 26.7. The highest BCUT2D eigenvalue weighted by Gasteiger charge is 2.16. The Hall–Kier alpha value is -3.35. The molecule has 0 saturated heterocycles. The van der Waals surface area contributed by atoms with Crippen LogP contribution in [0.4, 0.5) is 5.69 Å². The Balaban J connectivity index is 0.000000278. The summed E-state index contributed by atoms with van der Waals surface area (Å²) in [6.07, 6.45) is 0.690. The molecule has 1 aromatic heterocycles. The zero-order chi connectivity index (χ0) is 30.5. The molecule has 4 aromatic rings. The van der Waals surface area contributed by atoms with Crippen LogP contribution in [0, 0.1) is 24.0 Å². The van der Waals surface area contributed by atoms with Gasteiger partial charge in [-0.05, 0) is 53.0 Å². The van der Waals surface area contributed by atoms with Crippen molar-refractivity contribution in [3.63, 3.8) is 0 Å². The molecule has 0 amide bonds. The summed E-state index contributed by atoms with van der Waals surface area (Å²) in [5, 5.41) is 14.2. The van der Waals surface area contributed by atoms with Gasteiger partial charge in [-0.15, -0.1) is 22.9 Å². The van der Waals surface area contributed by atoms with Gasteiger partial charge < -0.3 is 0 Å². The Labute approximate surface area is 252 Å². The molecule has 0 unspecified atom stereocenters. The molecular formula is C34H39ClN2O3S. The van der Waals surface area contributed by atoms with Crippen LogP contribution < -0.4 is 0 Å². The molecule has 3 aromatic carbocycles. The molecule has 0 saturated carbocycles. The van der Waals surface area contributed by atoms with E-state index in [-0.39, 0.29) is 33.1 Å². The third kappa shape index (κ3) is 8.57. The molecule has 5 nitrogen and oxygen atoms in total. The van der Waals surface area contributed by atoms with Gasteiger partial charge in [-0.25, -0.2) is 4.98 Å². The fourth-order valence-electron chi connectivity index (χ4n) is 4.31. The normalized spacial score (nSPS) is 11.5. The maximum absolute atomic E-state index is 11.2. The Morgan fingerprint density at radius 1 is 0.878 bits per heavy atom. The minimum Gasteiger partial charge on any atom is -0.293 e. The van der Waals surface area contributed by atoms with Crippen LogP contribution in [0.1, 0.15) is 84.7 Å². The van der Waals surface area contributed by atoms with Gasteiger partial charge in [0.2, 0.25) is 0 Å².